The van der Waals surface area contributed by atoms with Gasteiger partial charge in [-0.1, -0.05) is 46.9 Å². The van der Waals surface area contributed by atoms with E-state index in [9.17, 15) is 0 Å². The number of halogens is 3. The second kappa shape index (κ2) is 7.71. The van der Waals surface area contributed by atoms with Gasteiger partial charge in [-0.3, -0.25) is 0 Å². The SMILES string of the molecule is Clc1ccc(CNc2ccnc(Nc3cc(Cl)ccc3Cl)n2)cc1. The van der Waals surface area contributed by atoms with Gasteiger partial charge in [-0.25, -0.2) is 4.98 Å². The molecule has 2 aromatic carbocycles. The zero-order chi connectivity index (χ0) is 16.9. The van der Waals surface area contributed by atoms with Gasteiger partial charge in [0, 0.05) is 22.8 Å². The molecule has 0 amide bonds. The van der Waals surface area contributed by atoms with E-state index in [-0.39, 0.29) is 0 Å². The van der Waals surface area contributed by atoms with E-state index in [1.165, 1.54) is 0 Å². The van der Waals surface area contributed by atoms with Gasteiger partial charge in [-0.15, -0.1) is 0 Å². The van der Waals surface area contributed by atoms with Gasteiger partial charge in [0.05, 0.1) is 10.7 Å². The van der Waals surface area contributed by atoms with Crippen LogP contribution in [-0.4, -0.2) is 9.97 Å². The Labute approximate surface area is 154 Å². The van der Waals surface area contributed by atoms with Gasteiger partial charge in [0.2, 0.25) is 5.95 Å². The molecule has 1 aromatic heterocycles. The van der Waals surface area contributed by atoms with Crippen molar-refractivity contribution in [1.82, 2.24) is 9.97 Å². The quantitative estimate of drug-likeness (QED) is 0.589. The second-order valence-corrected chi connectivity index (χ2v) is 6.27. The largest absolute Gasteiger partial charge is 0.366 e. The lowest BCUT2D eigenvalue weighted by Gasteiger charge is -2.10. The molecular formula is C17H13Cl3N4. The molecule has 122 valence electrons. The van der Waals surface area contributed by atoms with Gasteiger partial charge in [0.25, 0.3) is 0 Å². The first-order valence-corrected chi connectivity index (χ1v) is 8.27. The van der Waals surface area contributed by atoms with Crippen LogP contribution in [0.25, 0.3) is 0 Å². The number of rotatable bonds is 5. The number of hydrogen-bond donors (Lipinski definition) is 2. The highest BCUT2D eigenvalue weighted by Gasteiger charge is 2.05. The Balaban J connectivity index is 1.69. The fraction of sp³-hybridized carbons (Fsp3) is 0.0588. The minimum Gasteiger partial charge on any atom is -0.366 e. The van der Waals surface area contributed by atoms with Gasteiger partial charge in [-0.05, 0) is 42.0 Å². The number of nitrogens with one attached hydrogen (secondary N) is 2. The van der Waals surface area contributed by atoms with Crippen molar-refractivity contribution >= 4 is 52.3 Å². The summed E-state index contributed by atoms with van der Waals surface area (Å²) in [6.45, 7) is 0.630. The van der Waals surface area contributed by atoms with Gasteiger partial charge in [0.15, 0.2) is 0 Å². The first-order valence-electron chi connectivity index (χ1n) is 7.13. The summed E-state index contributed by atoms with van der Waals surface area (Å²) >= 11 is 18.0. The molecule has 4 nitrogen and oxygen atoms in total. The Bertz CT molecular complexity index is 837. The number of hydrogen-bond acceptors (Lipinski definition) is 4. The van der Waals surface area contributed by atoms with Crippen LogP contribution in [0.2, 0.25) is 15.1 Å². The Hall–Kier alpha value is -2.01. The molecule has 24 heavy (non-hydrogen) atoms. The molecule has 0 radical (unpaired) electrons. The third-order valence-corrected chi connectivity index (χ3v) is 4.03. The Morgan fingerprint density at radius 2 is 1.62 bits per heavy atom. The summed E-state index contributed by atoms with van der Waals surface area (Å²) in [5.41, 5.74) is 1.75. The molecule has 0 saturated heterocycles. The van der Waals surface area contributed by atoms with Gasteiger partial charge in [-0.2, -0.15) is 4.98 Å². The summed E-state index contributed by atoms with van der Waals surface area (Å²) in [5, 5.41) is 8.14. The minimum atomic E-state index is 0.431. The molecule has 0 aliphatic carbocycles. The smallest absolute Gasteiger partial charge is 0.229 e. The maximum Gasteiger partial charge on any atom is 0.229 e. The molecule has 0 fully saturated rings. The molecular weight excluding hydrogens is 367 g/mol. The fourth-order valence-electron chi connectivity index (χ4n) is 2.03. The van der Waals surface area contributed by atoms with Crippen molar-refractivity contribution in [3.05, 3.63) is 75.4 Å². The molecule has 0 unspecified atom stereocenters. The van der Waals surface area contributed by atoms with Crippen LogP contribution in [0, 0.1) is 0 Å². The maximum atomic E-state index is 6.14. The molecule has 0 spiro atoms. The molecule has 7 heteroatoms. The lowest BCUT2D eigenvalue weighted by molar-refractivity contribution is 1.08. The van der Waals surface area contributed by atoms with Crippen LogP contribution in [0.3, 0.4) is 0 Å². The molecule has 3 rings (SSSR count). The van der Waals surface area contributed by atoms with Gasteiger partial charge < -0.3 is 10.6 Å². The number of anilines is 3. The first kappa shape index (κ1) is 16.8. The van der Waals surface area contributed by atoms with Crippen LogP contribution in [0.15, 0.2) is 54.7 Å². The van der Waals surface area contributed by atoms with Crippen LogP contribution in [0.4, 0.5) is 17.5 Å². The Morgan fingerprint density at radius 3 is 2.42 bits per heavy atom. The molecule has 1 heterocycles. The summed E-state index contributed by atoms with van der Waals surface area (Å²) in [5.74, 6) is 1.13. The predicted molar refractivity (Wildman–Crippen MR) is 101 cm³/mol. The third-order valence-electron chi connectivity index (χ3n) is 3.22. The number of nitrogens with zero attached hydrogens (tertiary/aromatic N) is 2. The van der Waals surface area contributed by atoms with E-state index in [1.54, 1.807) is 30.5 Å². The van der Waals surface area contributed by atoms with Gasteiger partial charge >= 0.3 is 0 Å². The van der Waals surface area contributed by atoms with Crippen molar-refractivity contribution < 1.29 is 0 Å². The number of aromatic nitrogens is 2. The second-order valence-electron chi connectivity index (χ2n) is 4.99. The Morgan fingerprint density at radius 1 is 0.875 bits per heavy atom. The van der Waals surface area contributed by atoms with E-state index < -0.39 is 0 Å². The molecule has 2 N–H and O–H groups in total. The van der Waals surface area contributed by atoms with Gasteiger partial charge in [0.1, 0.15) is 5.82 Å². The van der Waals surface area contributed by atoms with Crippen molar-refractivity contribution in [3.8, 4) is 0 Å². The summed E-state index contributed by atoms with van der Waals surface area (Å²) < 4.78 is 0. The Kier molecular flexibility index (Phi) is 5.41. The van der Waals surface area contributed by atoms with Crippen molar-refractivity contribution in [2.75, 3.05) is 10.6 Å². The summed E-state index contributed by atoms with van der Waals surface area (Å²) in [6.07, 6.45) is 1.66. The summed E-state index contributed by atoms with van der Waals surface area (Å²) in [6, 6.07) is 14.6. The zero-order valence-electron chi connectivity index (χ0n) is 12.4. The first-order chi connectivity index (χ1) is 11.6. The van der Waals surface area contributed by atoms with E-state index in [0.29, 0.717) is 39.1 Å². The molecule has 3 aromatic rings. The topological polar surface area (TPSA) is 49.8 Å². The average molecular weight is 380 g/mol. The van der Waals surface area contributed by atoms with Crippen molar-refractivity contribution in [1.29, 1.82) is 0 Å². The molecule has 0 atom stereocenters. The normalized spacial score (nSPS) is 10.5. The molecule has 0 bridgehead atoms. The maximum absolute atomic E-state index is 6.14. The third kappa shape index (κ3) is 4.51. The summed E-state index contributed by atoms with van der Waals surface area (Å²) in [4.78, 5) is 8.60. The van der Waals surface area contributed by atoms with Crippen LogP contribution in [0.5, 0.6) is 0 Å². The van der Waals surface area contributed by atoms with Crippen molar-refractivity contribution in [2.45, 2.75) is 6.54 Å². The summed E-state index contributed by atoms with van der Waals surface area (Å²) in [7, 11) is 0. The lowest BCUT2D eigenvalue weighted by Crippen LogP contribution is -2.04. The van der Waals surface area contributed by atoms with Crippen molar-refractivity contribution in [3.63, 3.8) is 0 Å². The van der Waals surface area contributed by atoms with E-state index in [0.717, 1.165) is 5.56 Å². The van der Waals surface area contributed by atoms with Crippen LogP contribution in [-0.2, 0) is 6.54 Å². The highest BCUT2D eigenvalue weighted by Crippen LogP contribution is 2.27. The minimum absolute atomic E-state index is 0.431. The average Bonchev–Trinajstić information content (AvgIpc) is 2.58. The van der Waals surface area contributed by atoms with E-state index in [2.05, 4.69) is 20.6 Å². The van der Waals surface area contributed by atoms with E-state index in [4.69, 9.17) is 34.8 Å². The highest BCUT2D eigenvalue weighted by molar-refractivity contribution is 6.35. The predicted octanol–water partition coefficient (Wildman–Crippen LogP) is 5.79. The van der Waals surface area contributed by atoms with E-state index >= 15 is 0 Å². The van der Waals surface area contributed by atoms with Crippen molar-refractivity contribution in [2.24, 2.45) is 0 Å². The monoisotopic (exact) mass is 378 g/mol. The lowest BCUT2D eigenvalue weighted by atomic mass is 10.2. The van der Waals surface area contributed by atoms with Crippen LogP contribution >= 0.6 is 34.8 Å². The fourth-order valence-corrected chi connectivity index (χ4v) is 2.49. The standard InChI is InChI=1S/C17H13Cl3N4/c18-12-3-1-11(2-4-12)10-22-16-7-8-21-17(24-16)23-15-9-13(19)5-6-14(15)20/h1-9H,10H2,(H2,21,22,23,24). The number of benzene rings is 2. The van der Waals surface area contributed by atoms with Crippen LogP contribution in [0.1, 0.15) is 5.56 Å². The highest BCUT2D eigenvalue weighted by atomic mass is 35.5. The van der Waals surface area contributed by atoms with E-state index in [1.807, 2.05) is 24.3 Å². The molecule has 0 saturated carbocycles. The zero-order valence-corrected chi connectivity index (χ0v) is 14.7. The molecule has 0 aliphatic heterocycles. The molecule has 0 aliphatic rings. The van der Waals surface area contributed by atoms with Crippen LogP contribution < -0.4 is 10.6 Å².